The number of nitrogens with one attached hydrogen (secondary N) is 2. The second kappa shape index (κ2) is 14.7. The first-order chi connectivity index (χ1) is 17.8. The van der Waals surface area contributed by atoms with Gasteiger partial charge in [-0.2, -0.15) is 4.98 Å². The molecule has 1 aromatic carbocycles. The van der Waals surface area contributed by atoms with Crippen molar-refractivity contribution in [3.05, 3.63) is 46.6 Å². The molecule has 0 saturated heterocycles. The Morgan fingerprint density at radius 2 is 1.65 bits per heavy atom. The van der Waals surface area contributed by atoms with E-state index in [1.54, 1.807) is 0 Å². The van der Waals surface area contributed by atoms with Crippen molar-refractivity contribution in [1.29, 1.82) is 0 Å². The summed E-state index contributed by atoms with van der Waals surface area (Å²) >= 11 is 0. The van der Waals surface area contributed by atoms with Gasteiger partial charge in [0, 0.05) is 30.2 Å². The zero-order valence-electron chi connectivity index (χ0n) is 24.2. The first-order valence-electron chi connectivity index (χ1n) is 14.7. The van der Waals surface area contributed by atoms with Crippen LogP contribution in [0.1, 0.15) is 108 Å². The minimum absolute atomic E-state index is 0.159. The number of benzene rings is 1. The van der Waals surface area contributed by atoms with E-state index in [2.05, 4.69) is 74.4 Å². The Labute approximate surface area is 226 Å². The van der Waals surface area contributed by atoms with Gasteiger partial charge in [0.15, 0.2) is 0 Å². The third-order valence-electron chi connectivity index (χ3n) is 7.30. The third-order valence-corrected chi connectivity index (χ3v) is 7.30. The van der Waals surface area contributed by atoms with Crippen molar-refractivity contribution in [2.45, 2.75) is 123 Å². The number of aryl methyl sites for hydroxylation is 1. The maximum absolute atomic E-state index is 6.25. The number of nitrogens with two attached hydrogens (primary N) is 1. The summed E-state index contributed by atoms with van der Waals surface area (Å²) in [6, 6.07) is 9.24. The topological polar surface area (TPSA) is 79.1 Å². The number of unbranched alkanes of at least 4 members (excludes halogenated alkanes) is 2. The molecule has 1 aliphatic heterocycles. The molecule has 0 amide bonds. The van der Waals surface area contributed by atoms with E-state index in [0.29, 0.717) is 12.0 Å². The molecule has 0 fully saturated rings. The largest absolute Gasteiger partial charge is 0.368 e. The summed E-state index contributed by atoms with van der Waals surface area (Å²) in [4.78, 5) is 12.1. The van der Waals surface area contributed by atoms with Gasteiger partial charge in [0.2, 0.25) is 5.95 Å². The average Bonchev–Trinajstić information content (AvgIpc) is 3.26. The van der Waals surface area contributed by atoms with Crippen LogP contribution < -0.4 is 16.4 Å². The summed E-state index contributed by atoms with van der Waals surface area (Å²) in [5.74, 6) is 1.38. The van der Waals surface area contributed by atoms with Gasteiger partial charge in [0.1, 0.15) is 5.82 Å². The summed E-state index contributed by atoms with van der Waals surface area (Å²) in [5, 5.41) is 7.46. The van der Waals surface area contributed by atoms with Crippen molar-refractivity contribution in [2.24, 2.45) is 0 Å². The van der Waals surface area contributed by atoms with Crippen LogP contribution in [0.5, 0.6) is 0 Å². The van der Waals surface area contributed by atoms with Gasteiger partial charge in [0.25, 0.3) is 0 Å². The lowest BCUT2D eigenvalue weighted by Gasteiger charge is -2.24. The molecule has 0 saturated carbocycles. The molecular formula is C31H52N6. The van der Waals surface area contributed by atoms with Crippen LogP contribution in [0.2, 0.25) is 0 Å². The molecule has 1 atom stereocenters. The third kappa shape index (κ3) is 9.90. The van der Waals surface area contributed by atoms with Gasteiger partial charge < -0.3 is 16.4 Å². The summed E-state index contributed by atoms with van der Waals surface area (Å²) in [6.45, 7) is 15.4. The fraction of sp³-hybridized carbons (Fsp3) is 0.677. The Morgan fingerprint density at radius 1 is 0.919 bits per heavy atom. The number of rotatable bonds is 16. The molecule has 2 heterocycles. The van der Waals surface area contributed by atoms with Crippen LogP contribution in [-0.4, -0.2) is 39.5 Å². The minimum Gasteiger partial charge on any atom is -0.368 e. The molecule has 37 heavy (non-hydrogen) atoms. The van der Waals surface area contributed by atoms with Gasteiger partial charge in [-0.25, -0.2) is 4.98 Å². The summed E-state index contributed by atoms with van der Waals surface area (Å²) in [6.07, 6.45) is 11.2. The van der Waals surface area contributed by atoms with Gasteiger partial charge in [-0.1, -0.05) is 57.4 Å². The SMILES string of the molecule is CCCCCc1nc(N)nc(NC(CCC)CCCNC(C)(C)C)c1CCCN1Cc2ccccc2C1. The minimum atomic E-state index is 0.159. The lowest BCUT2D eigenvalue weighted by Crippen LogP contribution is -2.36. The molecule has 206 valence electrons. The van der Waals surface area contributed by atoms with E-state index >= 15 is 0 Å². The smallest absolute Gasteiger partial charge is 0.222 e. The van der Waals surface area contributed by atoms with Crippen LogP contribution in [0, 0.1) is 0 Å². The van der Waals surface area contributed by atoms with Gasteiger partial charge in [-0.3, -0.25) is 4.90 Å². The highest BCUT2D eigenvalue weighted by molar-refractivity contribution is 5.50. The number of nitrogen functional groups attached to an aromatic ring is 1. The van der Waals surface area contributed by atoms with Crippen molar-refractivity contribution >= 4 is 11.8 Å². The maximum Gasteiger partial charge on any atom is 0.222 e. The standard InChI is InChI=1S/C31H52N6/c1-6-8-9-19-28-27(18-13-21-37-22-24-15-10-11-16-25(24)23-37)29(36-30(32)35-28)34-26(14-7-2)17-12-20-33-31(3,4)5/h10-11,15-16,26,33H,6-9,12-14,17-23H2,1-5H3,(H3,32,34,35,36). The first kappa shape index (κ1) is 29.4. The Morgan fingerprint density at radius 3 is 2.30 bits per heavy atom. The van der Waals surface area contributed by atoms with Gasteiger partial charge in [-0.05, 0) is 89.9 Å². The van der Waals surface area contributed by atoms with E-state index in [-0.39, 0.29) is 5.54 Å². The number of fused-ring (bicyclic) bond motifs is 1. The zero-order valence-corrected chi connectivity index (χ0v) is 24.2. The van der Waals surface area contributed by atoms with Crippen molar-refractivity contribution in [3.8, 4) is 0 Å². The molecule has 0 bridgehead atoms. The summed E-state index contributed by atoms with van der Waals surface area (Å²) < 4.78 is 0. The summed E-state index contributed by atoms with van der Waals surface area (Å²) in [5.41, 5.74) is 11.8. The van der Waals surface area contributed by atoms with Gasteiger partial charge in [0.05, 0.1) is 5.69 Å². The molecule has 0 radical (unpaired) electrons. The fourth-order valence-electron chi connectivity index (χ4n) is 5.36. The van der Waals surface area contributed by atoms with E-state index in [4.69, 9.17) is 15.7 Å². The Bertz CT molecular complexity index is 926. The van der Waals surface area contributed by atoms with Crippen LogP contribution in [0.3, 0.4) is 0 Å². The van der Waals surface area contributed by atoms with Crippen LogP contribution in [0.25, 0.3) is 0 Å². The van der Waals surface area contributed by atoms with E-state index in [1.165, 1.54) is 29.5 Å². The second-order valence-corrected chi connectivity index (χ2v) is 11.8. The van der Waals surface area contributed by atoms with E-state index in [9.17, 15) is 0 Å². The molecule has 0 spiro atoms. The molecule has 6 nitrogen and oxygen atoms in total. The molecule has 1 unspecified atom stereocenters. The number of nitrogens with zero attached hydrogens (tertiary/aromatic N) is 3. The molecule has 3 rings (SSSR count). The van der Waals surface area contributed by atoms with E-state index < -0.39 is 0 Å². The second-order valence-electron chi connectivity index (χ2n) is 11.8. The van der Waals surface area contributed by atoms with E-state index in [0.717, 1.165) is 89.1 Å². The lowest BCUT2D eigenvalue weighted by molar-refractivity contribution is 0.280. The van der Waals surface area contributed by atoms with Crippen LogP contribution >= 0.6 is 0 Å². The Balaban J connectivity index is 1.68. The first-order valence-corrected chi connectivity index (χ1v) is 14.7. The zero-order chi connectivity index (χ0) is 26.7. The van der Waals surface area contributed by atoms with Crippen molar-refractivity contribution < 1.29 is 0 Å². The van der Waals surface area contributed by atoms with Crippen molar-refractivity contribution in [1.82, 2.24) is 20.2 Å². The van der Waals surface area contributed by atoms with Gasteiger partial charge >= 0.3 is 0 Å². The molecule has 2 aromatic rings. The Hall–Kier alpha value is -2.18. The highest BCUT2D eigenvalue weighted by Gasteiger charge is 2.20. The quantitative estimate of drug-likeness (QED) is 0.225. The predicted octanol–water partition coefficient (Wildman–Crippen LogP) is 6.49. The number of aromatic nitrogens is 2. The van der Waals surface area contributed by atoms with Crippen LogP contribution in [-0.2, 0) is 25.9 Å². The molecule has 6 heteroatoms. The molecule has 1 aromatic heterocycles. The predicted molar refractivity (Wildman–Crippen MR) is 158 cm³/mol. The lowest BCUT2D eigenvalue weighted by atomic mass is 10.0. The number of hydrogen-bond acceptors (Lipinski definition) is 6. The molecule has 0 aliphatic carbocycles. The fourth-order valence-corrected chi connectivity index (χ4v) is 5.36. The highest BCUT2D eigenvalue weighted by atomic mass is 15.1. The number of anilines is 2. The Kier molecular flexibility index (Phi) is 11.7. The molecular weight excluding hydrogens is 456 g/mol. The summed E-state index contributed by atoms with van der Waals surface area (Å²) in [7, 11) is 0. The normalized spacial score (nSPS) is 14.6. The maximum atomic E-state index is 6.25. The van der Waals surface area contributed by atoms with Crippen LogP contribution in [0.4, 0.5) is 11.8 Å². The molecule has 1 aliphatic rings. The number of hydrogen-bond donors (Lipinski definition) is 3. The monoisotopic (exact) mass is 508 g/mol. The van der Waals surface area contributed by atoms with Crippen molar-refractivity contribution in [3.63, 3.8) is 0 Å². The molecule has 4 N–H and O–H groups in total. The van der Waals surface area contributed by atoms with Crippen molar-refractivity contribution in [2.75, 3.05) is 24.1 Å². The van der Waals surface area contributed by atoms with Gasteiger partial charge in [-0.15, -0.1) is 0 Å². The van der Waals surface area contributed by atoms with Crippen LogP contribution in [0.15, 0.2) is 24.3 Å². The average molecular weight is 509 g/mol. The van der Waals surface area contributed by atoms with E-state index in [1.807, 2.05) is 0 Å². The highest BCUT2D eigenvalue weighted by Crippen LogP contribution is 2.26.